The molecule has 166 valence electrons. The summed E-state index contributed by atoms with van der Waals surface area (Å²) in [6.45, 7) is 0. The molecule has 0 aliphatic heterocycles. The lowest BCUT2D eigenvalue weighted by Crippen LogP contribution is -2.17. The average molecular weight is 452 g/mol. The Kier molecular flexibility index (Phi) is 6.76. The van der Waals surface area contributed by atoms with Crippen molar-refractivity contribution in [1.29, 1.82) is 0 Å². The number of terminal acetylenes is 2. The van der Waals surface area contributed by atoms with Gasteiger partial charge < -0.3 is 20.8 Å². The molecule has 4 N–H and O–H groups in total. The first-order chi connectivity index (χ1) is 16.2. The van der Waals surface area contributed by atoms with Crippen molar-refractivity contribution >= 4 is 35.1 Å². The number of carbonyl (C=O) groups excluding carboxylic acids is 2. The fraction of sp³-hybridized carbons (Fsp3) is 0. The molecule has 0 saturated carbocycles. The lowest BCUT2D eigenvalue weighted by atomic mass is 10.0. The summed E-state index contributed by atoms with van der Waals surface area (Å²) in [5.41, 5.74) is 0.736. The number of amides is 2. The van der Waals surface area contributed by atoms with Crippen LogP contribution < -0.4 is 10.6 Å². The van der Waals surface area contributed by atoms with Gasteiger partial charge in [-0.3, -0.25) is 9.59 Å². The fourth-order valence-electron chi connectivity index (χ4n) is 3.05. The molecule has 0 aromatic heterocycles. The second-order valence-electron chi connectivity index (χ2n) is 6.91. The summed E-state index contributed by atoms with van der Waals surface area (Å²) >= 11 is 0. The maximum atomic E-state index is 12.6. The molecule has 3 aromatic rings. The van der Waals surface area contributed by atoms with Crippen LogP contribution in [0.4, 0.5) is 11.4 Å². The van der Waals surface area contributed by atoms with Gasteiger partial charge >= 0.3 is 11.9 Å². The second-order valence-corrected chi connectivity index (χ2v) is 6.91. The lowest BCUT2D eigenvalue weighted by Gasteiger charge is -2.11. The van der Waals surface area contributed by atoms with E-state index in [4.69, 9.17) is 12.8 Å². The molecule has 0 saturated heterocycles. The van der Waals surface area contributed by atoms with E-state index in [-0.39, 0.29) is 22.3 Å². The van der Waals surface area contributed by atoms with E-state index in [0.29, 0.717) is 22.5 Å². The molecule has 3 aromatic carbocycles. The maximum Gasteiger partial charge on any atom is 0.336 e. The quantitative estimate of drug-likeness (QED) is 0.423. The molecule has 8 nitrogen and oxygen atoms in total. The van der Waals surface area contributed by atoms with Crippen molar-refractivity contribution < 1.29 is 29.4 Å². The maximum absolute atomic E-state index is 12.6. The molecule has 3 rings (SSSR count). The van der Waals surface area contributed by atoms with Gasteiger partial charge in [-0.15, -0.1) is 12.8 Å². The van der Waals surface area contributed by atoms with Gasteiger partial charge in [0, 0.05) is 22.5 Å². The van der Waals surface area contributed by atoms with E-state index >= 15 is 0 Å². The van der Waals surface area contributed by atoms with Gasteiger partial charge in [-0.05, 0) is 60.7 Å². The summed E-state index contributed by atoms with van der Waals surface area (Å²) < 4.78 is 0. The molecule has 0 radical (unpaired) electrons. The first-order valence-corrected chi connectivity index (χ1v) is 9.64. The van der Waals surface area contributed by atoms with Crippen molar-refractivity contribution in [2.75, 3.05) is 10.6 Å². The van der Waals surface area contributed by atoms with Gasteiger partial charge in [-0.25, -0.2) is 9.59 Å². The Morgan fingerprint density at radius 3 is 1.24 bits per heavy atom. The normalized spacial score (nSPS) is 9.82. The molecule has 0 atom stereocenters. The number of anilines is 2. The van der Waals surface area contributed by atoms with Crippen LogP contribution >= 0.6 is 0 Å². The molecule has 0 fully saturated rings. The van der Waals surface area contributed by atoms with Crippen molar-refractivity contribution in [2.45, 2.75) is 0 Å². The Hall–Kier alpha value is -5.34. The summed E-state index contributed by atoms with van der Waals surface area (Å²) in [4.78, 5) is 48.1. The Labute approximate surface area is 194 Å². The largest absolute Gasteiger partial charge is 0.478 e. The predicted molar refractivity (Wildman–Crippen MR) is 125 cm³/mol. The Balaban J connectivity index is 1.78. The zero-order chi connectivity index (χ0) is 24.8. The van der Waals surface area contributed by atoms with Crippen LogP contribution in [0.3, 0.4) is 0 Å². The van der Waals surface area contributed by atoms with E-state index in [0.717, 1.165) is 0 Å². The highest BCUT2D eigenvalue weighted by molar-refractivity contribution is 6.12. The molecule has 0 aliphatic carbocycles. The van der Waals surface area contributed by atoms with E-state index < -0.39 is 23.8 Å². The van der Waals surface area contributed by atoms with Crippen molar-refractivity contribution in [3.63, 3.8) is 0 Å². The molecule has 0 aliphatic rings. The number of hydrogen-bond acceptors (Lipinski definition) is 4. The summed E-state index contributed by atoms with van der Waals surface area (Å²) in [7, 11) is 0. The van der Waals surface area contributed by atoms with Gasteiger partial charge in [0.05, 0.1) is 22.3 Å². The minimum absolute atomic E-state index is 0.102. The third-order valence-corrected chi connectivity index (χ3v) is 4.72. The summed E-state index contributed by atoms with van der Waals surface area (Å²) in [5.74, 6) is 0.790. The molecule has 0 bridgehead atoms. The molecule has 2 amide bonds. The molecule has 0 spiro atoms. The Morgan fingerprint density at radius 2 is 0.941 bits per heavy atom. The second kappa shape index (κ2) is 9.86. The molecule has 34 heavy (non-hydrogen) atoms. The van der Waals surface area contributed by atoms with Crippen LogP contribution in [0.2, 0.25) is 0 Å². The van der Waals surface area contributed by atoms with Crippen LogP contribution in [0.25, 0.3) is 0 Å². The Morgan fingerprint density at radius 1 is 0.588 bits per heavy atom. The van der Waals surface area contributed by atoms with E-state index in [2.05, 4.69) is 22.5 Å². The lowest BCUT2D eigenvalue weighted by molar-refractivity contribution is 0.0683. The minimum atomic E-state index is -1.28. The van der Waals surface area contributed by atoms with Crippen molar-refractivity contribution in [2.24, 2.45) is 0 Å². The van der Waals surface area contributed by atoms with Crippen LogP contribution in [0.15, 0.2) is 60.7 Å². The van der Waals surface area contributed by atoms with E-state index in [1.807, 2.05) is 0 Å². The highest BCUT2D eigenvalue weighted by Gasteiger charge is 2.19. The van der Waals surface area contributed by atoms with Gasteiger partial charge in [0.2, 0.25) is 0 Å². The van der Waals surface area contributed by atoms with Crippen LogP contribution in [-0.4, -0.2) is 34.0 Å². The number of carboxylic acid groups (broad SMARTS) is 2. The van der Waals surface area contributed by atoms with Gasteiger partial charge in [-0.1, -0.05) is 11.8 Å². The van der Waals surface area contributed by atoms with E-state index in [1.165, 1.54) is 60.7 Å². The van der Waals surface area contributed by atoms with Gasteiger partial charge in [-0.2, -0.15) is 0 Å². The molecular formula is C26H16N2O6. The van der Waals surface area contributed by atoms with Crippen LogP contribution in [0, 0.1) is 24.7 Å². The first kappa shape index (κ1) is 23.3. The monoisotopic (exact) mass is 452 g/mol. The molecule has 0 unspecified atom stereocenters. The van der Waals surface area contributed by atoms with Crippen molar-refractivity contribution in [3.8, 4) is 24.7 Å². The zero-order valence-electron chi connectivity index (χ0n) is 17.5. The molecule has 8 heteroatoms. The summed E-state index contributed by atoms with van der Waals surface area (Å²) in [6.07, 6.45) is 10.7. The van der Waals surface area contributed by atoms with Crippen LogP contribution in [-0.2, 0) is 0 Å². The highest BCUT2D eigenvalue weighted by Crippen LogP contribution is 2.19. The average Bonchev–Trinajstić information content (AvgIpc) is 2.84. The third-order valence-electron chi connectivity index (χ3n) is 4.72. The van der Waals surface area contributed by atoms with Gasteiger partial charge in [0.25, 0.3) is 11.8 Å². The van der Waals surface area contributed by atoms with Crippen molar-refractivity contribution in [1.82, 2.24) is 0 Å². The standard InChI is InChI=1S/C26H16N2O6/c1-3-15-5-11-19(25(31)32)21(13-15)23(29)27-17-7-9-18(10-8-17)28-24(30)22-14-16(4-2)6-12-20(22)26(33)34/h1-2,5-14H,(H,27,29)(H,28,30)(H,31,32)(H,33,34). The fourth-order valence-corrected chi connectivity index (χ4v) is 3.05. The number of nitrogens with one attached hydrogen (secondary N) is 2. The number of carboxylic acids is 2. The minimum Gasteiger partial charge on any atom is -0.478 e. The molecule has 0 heterocycles. The summed E-state index contributed by atoms with van der Waals surface area (Å²) in [6, 6.07) is 13.9. The van der Waals surface area contributed by atoms with Crippen LogP contribution in [0.5, 0.6) is 0 Å². The highest BCUT2D eigenvalue weighted by atomic mass is 16.4. The smallest absolute Gasteiger partial charge is 0.336 e. The number of rotatable bonds is 6. The predicted octanol–water partition coefficient (Wildman–Crippen LogP) is 3.55. The van der Waals surface area contributed by atoms with E-state index in [9.17, 15) is 29.4 Å². The number of benzene rings is 3. The van der Waals surface area contributed by atoms with Crippen molar-refractivity contribution in [3.05, 3.63) is 94.0 Å². The van der Waals surface area contributed by atoms with Gasteiger partial charge in [0.1, 0.15) is 0 Å². The number of carbonyl (C=O) groups is 4. The summed E-state index contributed by atoms with van der Waals surface area (Å²) in [5, 5.41) is 23.8. The van der Waals surface area contributed by atoms with Gasteiger partial charge in [0.15, 0.2) is 0 Å². The van der Waals surface area contributed by atoms with Crippen LogP contribution in [0.1, 0.15) is 52.6 Å². The number of hydrogen-bond donors (Lipinski definition) is 4. The topological polar surface area (TPSA) is 133 Å². The number of aromatic carboxylic acids is 2. The Bertz CT molecular complexity index is 1300. The first-order valence-electron chi connectivity index (χ1n) is 9.64. The SMILES string of the molecule is C#Cc1ccc(C(=O)O)c(C(=O)Nc2ccc(NC(=O)c3cc(C#C)ccc3C(=O)O)cc2)c1. The molecular weight excluding hydrogens is 436 g/mol. The van der Waals surface area contributed by atoms with E-state index in [1.54, 1.807) is 0 Å². The zero-order valence-corrected chi connectivity index (χ0v) is 17.5. The third kappa shape index (κ3) is 5.10.